The highest BCUT2D eigenvalue weighted by molar-refractivity contribution is 5.81. The number of fused-ring (bicyclic) bond motifs is 4. The number of nitrogens with two attached hydrogens (primary N) is 1. The number of likely N-dealkylation sites (N-methyl/N-ethyl adjacent to an activating group) is 1. The summed E-state index contributed by atoms with van der Waals surface area (Å²) in [4.78, 5) is 6.93. The summed E-state index contributed by atoms with van der Waals surface area (Å²) in [5.74, 6) is 0.00244. The molecule has 4 nitrogen and oxygen atoms in total. The van der Waals surface area contributed by atoms with Crippen LogP contribution in [0.1, 0.15) is 41.3 Å². The van der Waals surface area contributed by atoms with Gasteiger partial charge in [0.2, 0.25) is 0 Å². The molecule has 2 atom stereocenters. The van der Waals surface area contributed by atoms with E-state index in [0.29, 0.717) is 11.6 Å². The molecular weight excluding hydrogens is 303 g/mol. The summed E-state index contributed by atoms with van der Waals surface area (Å²) in [7, 11) is 2.13. The smallest absolute Gasteiger partial charge is 0.142 e. The number of hydrogen-bond acceptors (Lipinski definition) is 4. The van der Waals surface area contributed by atoms with Crippen LogP contribution in [0.3, 0.4) is 0 Å². The lowest BCUT2D eigenvalue weighted by molar-refractivity contribution is 0.222. The van der Waals surface area contributed by atoms with Crippen LogP contribution in [0.25, 0.3) is 11.1 Å². The van der Waals surface area contributed by atoms with Crippen molar-refractivity contribution < 1.29 is 4.39 Å². The van der Waals surface area contributed by atoms with Gasteiger partial charge in [0.1, 0.15) is 23.3 Å². The van der Waals surface area contributed by atoms with Gasteiger partial charge in [-0.05, 0) is 50.1 Å². The van der Waals surface area contributed by atoms with Crippen LogP contribution in [0.15, 0.2) is 18.2 Å². The topological polar surface area (TPSA) is 65.9 Å². The summed E-state index contributed by atoms with van der Waals surface area (Å²) in [6.45, 7) is 1.87. The molecule has 2 aliphatic heterocycles. The lowest BCUT2D eigenvalue weighted by Gasteiger charge is -2.34. The molecule has 2 aliphatic rings. The monoisotopic (exact) mass is 322 g/mol. The van der Waals surface area contributed by atoms with Crippen molar-refractivity contribution in [3.05, 3.63) is 46.4 Å². The van der Waals surface area contributed by atoms with Crippen molar-refractivity contribution in [2.45, 2.75) is 38.3 Å². The van der Waals surface area contributed by atoms with Crippen LogP contribution in [-0.4, -0.2) is 23.0 Å². The highest BCUT2D eigenvalue weighted by Crippen LogP contribution is 2.48. The summed E-state index contributed by atoms with van der Waals surface area (Å²) in [5.41, 5.74) is 11.1. The molecule has 0 radical (unpaired) electrons. The van der Waals surface area contributed by atoms with Gasteiger partial charge >= 0.3 is 0 Å². The van der Waals surface area contributed by atoms with Gasteiger partial charge in [-0.2, -0.15) is 5.26 Å². The molecule has 5 heteroatoms. The standard InChI is InChI=1S/C19H19FN4/c1-10-7-11(20)3-5-13(10)17-14(9-21)19(22)23-15-8-12-4-6-16(18(15)17)24(12)2/h3,5,7,12,16H,4,6,8H2,1-2H3,(H2,22,23)/t12-,16+/m0/s1. The van der Waals surface area contributed by atoms with Gasteiger partial charge in [0.15, 0.2) is 0 Å². The third-order valence-corrected chi connectivity index (χ3v) is 5.51. The van der Waals surface area contributed by atoms with Gasteiger partial charge in [-0.3, -0.25) is 4.90 Å². The molecule has 0 unspecified atom stereocenters. The first kappa shape index (κ1) is 15.1. The lowest BCUT2D eigenvalue weighted by atomic mass is 9.85. The molecule has 0 saturated carbocycles. The Balaban J connectivity index is 2.06. The number of nitriles is 1. The average molecular weight is 322 g/mol. The Morgan fingerprint density at radius 3 is 2.88 bits per heavy atom. The minimum atomic E-state index is -0.274. The summed E-state index contributed by atoms with van der Waals surface area (Å²) in [6.07, 6.45) is 3.03. The van der Waals surface area contributed by atoms with Crippen LogP contribution in [0.4, 0.5) is 10.2 Å². The molecule has 122 valence electrons. The number of nitrogens with zero attached hydrogens (tertiary/aromatic N) is 3. The van der Waals surface area contributed by atoms with Crippen LogP contribution in [-0.2, 0) is 6.42 Å². The molecule has 4 rings (SSSR count). The van der Waals surface area contributed by atoms with Crippen molar-refractivity contribution >= 4 is 5.82 Å². The SMILES string of the molecule is Cc1cc(F)ccc1-c1c(C#N)c(N)nc2c1[C@H]1CC[C@@H](C2)N1C. The lowest BCUT2D eigenvalue weighted by Crippen LogP contribution is -2.35. The number of aryl methyl sites for hydroxylation is 1. The molecule has 1 saturated heterocycles. The van der Waals surface area contributed by atoms with Crippen LogP contribution in [0.2, 0.25) is 0 Å². The zero-order valence-corrected chi connectivity index (χ0v) is 13.8. The number of hydrogen-bond donors (Lipinski definition) is 1. The highest BCUT2D eigenvalue weighted by atomic mass is 19.1. The normalized spacial score (nSPS) is 22.2. The van der Waals surface area contributed by atoms with E-state index in [-0.39, 0.29) is 17.7 Å². The summed E-state index contributed by atoms with van der Waals surface area (Å²) >= 11 is 0. The summed E-state index contributed by atoms with van der Waals surface area (Å²) in [5, 5.41) is 9.69. The number of aromatic nitrogens is 1. The third kappa shape index (κ3) is 2.03. The minimum Gasteiger partial charge on any atom is -0.383 e. The van der Waals surface area contributed by atoms with Gasteiger partial charge < -0.3 is 5.73 Å². The largest absolute Gasteiger partial charge is 0.383 e. The van der Waals surface area contributed by atoms with Crippen LogP contribution < -0.4 is 5.73 Å². The highest BCUT2D eigenvalue weighted by Gasteiger charge is 2.41. The molecule has 0 aliphatic carbocycles. The number of nitrogen functional groups attached to an aromatic ring is 1. The number of halogens is 1. The zero-order chi connectivity index (χ0) is 17.0. The second kappa shape index (κ2) is 5.29. The van der Waals surface area contributed by atoms with Crippen LogP contribution >= 0.6 is 0 Å². The maximum atomic E-state index is 13.6. The predicted molar refractivity (Wildman–Crippen MR) is 90.7 cm³/mol. The fourth-order valence-corrected chi connectivity index (χ4v) is 4.31. The fraction of sp³-hybridized carbons (Fsp3) is 0.368. The second-order valence-corrected chi connectivity index (χ2v) is 6.80. The molecule has 3 heterocycles. The Morgan fingerprint density at radius 2 is 2.17 bits per heavy atom. The molecule has 1 aromatic heterocycles. The van der Waals surface area contributed by atoms with Gasteiger partial charge in [-0.15, -0.1) is 0 Å². The Bertz CT molecular complexity index is 884. The van der Waals surface area contributed by atoms with Gasteiger partial charge in [-0.1, -0.05) is 6.07 Å². The zero-order valence-electron chi connectivity index (χ0n) is 13.8. The molecule has 0 amide bonds. The van der Waals surface area contributed by atoms with Gasteiger partial charge in [-0.25, -0.2) is 9.37 Å². The van der Waals surface area contributed by atoms with Crippen molar-refractivity contribution in [3.63, 3.8) is 0 Å². The van der Waals surface area contributed by atoms with Crippen LogP contribution in [0.5, 0.6) is 0 Å². The maximum Gasteiger partial charge on any atom is 0.142 e. The van der Waals surface area contributed by atoms with E-state index in [0.717, 1.165) is 47.2 Å². The van der Waals surface area contributed by atoms with E-state index in [4.69, 9.17) is 5.73 Å². The first-order chi connectivity index (χ1) is 11.5. The Labute approximate surface area is 140 Å². The van der Waals surface area contributed by atoms with E-state index in [1.54, 1.807) is 6.07 Å². The third-order valence-electron chi connectivity index (χ3n) is 5.51. The maximum absolute atomic E-state index is 13.6. The Hall–Kier alpha value is -2.45. The predicted octanol–water partition coefficient (Wildman–Crippen LogP) is 3.34. The summed E-state index contributed by atoms with van der Waals surface area (Å²) in [6, 6.07) is 7.66. The Kier molecular flexibility index (Phi) is 3.33. The molecule has 2 bridgehead atoms. The molecule has 2 N–H and O–H groups in total. The van der Waals surface area contributed by atoms with Crippen molar-refractivity contribution in [1.82, 2.24) is 9.88 Å². The average Bonchev–Trinajstić information content (AvgIpc) is 2.78. The van der Waals surface area contributed by atoms with Gasteiger partial charge in [0.25, 0.3) is 0 Å². The molecule has 0 spiro atoms. The molecule has 1 fully saturated rings. The van der Waals surface area contributed by atoms with E-state index in [1.165, 1.54) is 12.1 Å². The van der Waals surface area contributed by atoms with E-state index in [1.807, 2.05) is 6.92 Å². The van der Waals surface area contributed by atoms with Crippen molar-refractivity contribution in [2.24, 2.45) is 0 Å². The number of benzene rings is 1. The van der Waals surface area contributed by atoms with Crippen molar-refractivity contribution in [2.75, 3.05) is 12.8 Å². The quantitative estimate of drug-likeness (QED) is 0.874. The second-order valence-electron chi connectivity index (χ2n) is 6.80. The van der Waals surface area contributed by atoms with Gasteiger partial charge in [0, 0.05) is 35.3 Å². The molecule has 1 aromatic carbocycles. The molecule has 24 heavy (non-hydrogen) atoms. The number of rotatable bonds is 1. The first-order valence-corrected chi connectivity index (χ1v) is 8.22. The summed E-state index contributed by atoms with van der Waals surface area (Å²) < 4.78 is 13.6. The van der Waals surface area contributed by atoms with E-state index < -0.39 is 0 Å². The first-order valence-electron chi connectivity index (χ1n) is 8.22. The van der Waals surface area contributed by atoms with Crippen molar-refractivity contribution in [1.29, 1.82) is 5.26 Å². The molecule has 2 aromatic rings. The van der Waals surface area contributed by atoms with E-state index >= 15 is 0 Å². The minimum absolute atomic E-state index is 0.249. The number of anilines is 1. The van der Waals surface area contributed by atoms with E-state index in [9.17, 15) is 9.65 Å². The van der Waals surface area contributed by atoms with Crippen molar-refractivity contribution in [3.8, 4) is 17.2 Å². The Morgan fingerprint density at radius 1 is 1.38 bits per heavy atom. The molecular formula is C19H19FN4. The van der Waals surface area contributed by atoms with E-state index in [2.05, 4.69) is 23.0 Å². The van der Waals surface area contributed by atoms with Gasteiger partial charge in [0.05, 0.1) is 0 Å². The fourth-order valence-electron chi connectivity index (χ4n) is 4.31. The van der Waals surface area contributed by atoms with Crippen LogP contribution in [0, 0.1) is 24.1 Å². The number of pyridine rings is 1.